The first-order valence-corrected chi connectivity index (χ1v) is 8.60. The van der Waals surface area contributed by atoms with Crippen molar-refractivity contribution in [1.82, 2.24) is 5.32 Å². The maximum atomic E-state index is 3.37. The molecule has 0 spiro atoms. The normalized spacial score (nSPS) is 18.5. The maximum absolute atomic E-state index is 3.37. The van der Waals surface area contributed by atoms with Crippen molar-refractivity contribution in [2.45, 2.75) is 35.8 Å². The minimum absolute atomic E-state index is 0.599. The molecule has 1 N–H and O–H groups in total. The van der Waals surface area contributed by atoms with E-state index >= 15 is 0 Å². The molecule has 0 saturated heterocycles. The van der Waals surface area contributed by atoms with Crippen molar-refractivity contribution in [3.8, 4) is 0 Å². The van der Waals surface area contributed by atoms with E-state index in [2.05, 4.69) is 79.6 Å². The monoisotopic (exact) mass is 297 g/mol. The molecule has 1 aliphatic heterocycles. The third-order valence-electron chi connectivity index (χ3n) is 4.23. The van der Waals surface area contributed by atoms with Gasteiger partial charge in [-0.1, -0.05) is 48.0 Å². The molecule has 1 heterocycles. The van der Waals surface area contributed by atoms with Gasteiger partial charge in [0.2, 0.25) is 0 Å². The summed E-state index contributed by atoms with van der Waals surface area (Å²) in [6.45, 7) is 3.23. The average molecular weight is 297 g/mol. The van der Waals surface area contributed by atoms with Crippen molar-refractivity contribution < 1.29 is 0 Å². The van der Waals surface area contributed by atoms with Crippen LogP contribution in [0, 0.1) is 6.92 Å². The maximum Gasteiger partial charge on any atom is 0.0142 e. The third kappa shape index (κ3) is 3.50. The van der Waals surface area contributed by atoms with Crippen LogP contribution in [-0.4, -0.2) is 18.8 Å². The number of benzene rings is 2. The molecule has 1 nitrogen and oxygen atoms in total. The van der Waals surface area contributed by atoms with Crippen LogP contribution >= 0.6 is 11.8 Å². The highest BCUT2D eigenvalue weighted by Crippen LogP contribution is 2.41. The summed E-state index contributed by atoms with van der Waals surface area (Å²) in [5.41, 5.74) is 4.36. The average Bonchev–Trinajstić information content (AvgIpc) is 2.89. The van der Waals surface area contributed by atoms with Crippen LogP contribution in [-0.2, 0) is 6.42 Å². The van der Waals surface area contributed by atoms with E-state index in [0.29, 0.717) is 11.2 Å². The zero-order chi connectivity index (χ0) is 14.7. The molecule has 3 rings (SSSR count). The van der Waals surface area contributed by atoms with Gasteiger partial charge in [-0.3, -0.25) is 0 Å². The second-order valence-electron chi connectivity index (χ2n) is 5.96. The van der Waals surface area contributed by atoms with E-state index in [1.807, 2.05) is 0 Å². The summed E-state index contributed by atoms with van der Waals surface area (Å²) in [7, 11) is 2.05. The van der Waals surface area contributed by atoms with E-state index in [-0.39, 0.29) is 0 Å². The van der Waals surface area contributed by atoms with E-state index in [4.69, 9.17) is 0 Å². The lowest BCUT2D eigenvalue weighted by atomic mass is 9.91. The lowest BCUT2D eigenvalue weighted by Crippen LogP contribution is -2.21. The molecule has 2 aromatic rings. The molecular formula is C19H23NS. The highest BCUT2D eigenvalue weighted by Gasteiger charge is 2.25. The Morgan fingerprint density at radius 2 is 2.05 bits per heavy atom. The molecule has 2 unspecified atom stereocenters. The molecule has 21 heavy (non-hydrogen) atoms. The number of aryl methyl sites for hydroxylation is 1. The predicted octanol–water partition coefficient (Wildman–Crippen LogP) is 4.41. The molecule has 0 aromatic heterocycles. The molecule has 110 valence electrons. The first-order valence-electron chi connectivity index (χ1n) is 7.72. The molecule has 2 atom stereocenters. The summed E-state index contributed by atoms with van der Waals surface area (Å²) in [5, 5.41) is 4.08. The SMILES string of the molecule is CNCC(CC1Cc2ccccc2S1)c1cccc(C)c1. The van der Waals surface area contributed by atoms with Crippen LogP contribution in [0.3, 0.4) is 0 Å². The Morgan fingerprint density at radius 3 is 2.81 bits per heavy atom. The molecule has 0 saturated carbocycles. The Labute approximate surface area is 132 Å². The van der Waals surface area contributed by atoms with Gasteiger partial charge < -0.3 is 5.32 Å². The summed E-state index contributed by atoms with van der Waals surface area (Å²) in [4.78, 5) is 1.48. The van der Waals surface area contributed by atoms with Crippen LogP contribution < -0.4 is 5.32 Å². The Kier molecular flexibility index (Phi) is 4.67. The number of nitrogens with one attached hydrogen (secondary N) is 1. The molecular weight excluding hydrogens is 274 g/mol. The highest BCUT2D eigenvalue weighted by molar-refractivity contribution is 8.00. The number of thioether (sulfide) groups is 1. The van der Waals surface area contributed by atoms with Crippen molar-refractivity contribution in [1.29, 1.82) is 0 Å². The standard InChI is InChI=1S/C19H23NS/c1-14-6-5-8-15(10-14)17(13-20-2)12-18-11-16-7-3-4-9-19(16)21-18/h3-10,17-18,20H,11-13H2,1-2H3. The Bertz CT molecular complexity index is 583. The van der Waals surface area contributed by atoms with Crippen molar-refractivity contribution in [2.24, 2.45) is 0 Å². The molecule has 2 heteroatoms. The van der Waals surface area contributed by atoms with Gasteiger partial charge in [-0.05, 0) is 49.9 Å². The molecule has 0 fully saturated rings. The molecule has 0 aliphatic carbocycles. The highest BCUT2D eigenvalue weighted by atomic mass is 32.2. The van der Waals surface area contributed by atoms with Crippen molar-refractivity contribution in [3.05, 3.63) is 65.2 Å². The lowest BCUT2D eigenvalue weighted by molar-refractivity contribution is 0.571. The Morgan fingerprint density at radius 1 is 1.19 bits per heavy atom. The second kappa shape index (κ2) is 6.67. The van der Waals surface area contributed by atoms with Crippen LogP contribution in [0.4, 0.5) is 0 Å². The first kappa shape index (κ1) is 14.7. The summed E-state index contributed by atoms with van der Waals surface area (Å²) in [6.07, 6.45) is 2.45. The van der Waals surface area contributed by atoms with Gasteiger partial charge in [0.1, 0.15) is 0 Å². The lowest BCUT2D eigenvalue weighted by Gasteiger charge is -2.21. The molecule has 1 aliphatic rings. The van der Waals surface area contributed by atoms with E-state index < -0.39 is 0 Å². The van der Waals surface area contributed by atoms with Gasteiger partial charge in [-0.25, -0.2) is 0 Å². The number of hydrogen-bond donors (Lipinski definition) is 1. The topological polar surface area (TPSA) is 12.0 Å². The van der Waals surface area contributed by atoms with Gasteiger partial charge in [0, 0.05) is 16.7 Å². The molecule has 0 bridgehead atoms. The van der Waals surface area contributed by atoms with Gasteiger partial charge in [-0.2, -0.15) is 0 Å². The fourth-order valence-electron chi connectivity index (χ4n) is 3.21. The molecule has 0 radical (unpaired) electrons. The number of likely N-dealkylation sites (N-methyl/N-ethyl adjacent to an activating group) is 1. The van der Waals surface area contributed by atoms with E-state index in [0.717, 1.165) is 6.54 Å². The number of rotatable bonds is 5. The van der Waals surface area contributed by atoms with Gasteiger partial charge in [0.15, 0.2) is 0 Å². The minimum Gasteiger partial charge on any atom is -0.319 e. The van der Waals surface area contributed by atoms with Crippen LogP contribution in [0.1, 0.15) is 29.0 Å². The zero-order valence-corrected chi connectivity index (χ0v) is 13.6. The van der Waals surface area contributed by atoms with E-state index in [1.54, 1.807) is 0 Å². The van der Waals surface area contributed by atoms with Gasteiger partial charge >= 0.3 is 0 Å². The molecule has 0 amide bonds. The smallest absolute Gasteiger partial charge is 0.0142 e. The Hall–Kier alpha value is -1.25. The zero-order valence-electron chi connectivity index (χ0n) is 12.8. The Balaban J connectivity index is 1.72. The van der Waals surface area contributed by atoms with Crippen LogP contribution in [0.25, 0.3) is 0 Å². The largest absolute Gasteiger partial charge is 0.319 e. The number of hydrogen-bond acceptors (Lipinski definition) is 2. The fraction of sp³-hybridized carbons (Fsp3) is 0.368. The second-order valence-corrected chi connectivity index (χ2v) is 7.30. The summed E-state index contributed by atoms with van der Waals surface area (Å²) in [6, 6.07) is 17.8. The van der Waals surface area contributed by atoms with Crippen molar-refractivity contribution in [3.63, 3.8) is 0 Å². The van der Waals surface area contributed by atoms with Gasteiger partial charge in [-0.15, -0.1) is 11.8 Å². The minimum atomic E-state index is 0.599. The molecule has 2 aromatic carbocycles. The van der Waals surface area contributed by atoms with Crippen molar-refractivity contribution >= 4 is 11.8 Å². The van der Waals surface area contributed by atoms with Gasteiger partial charge in [0.25, 0.3) is 0 Å². The predicted molar refractivity (Wildman–Crippen MR) is 92.3 cm³/mol. The quantitative estimate of drug-likeness (QED) is 0.877. The summed E-state index contributed by atoms with van der Waals surface area (Å²) < 4.78 is 0. The third-order valence-corrected chi connectivity index (χ3v) is 5.57. The van der Waals surface area contributed by atoms with E-state index in [1.165, 1.54) is 34.4 Å². The van der Waals surface area contributed by atoms with Gasteiger partial charge in [0.05, 0.1) is 0 Å². The van der Waals surface area contributed by atoms with E-state index in [9.17, 15) is 0 Å². The van der Waals surface area contributed by atoms with Crippen molar-refractivity contribution in [2.75, 3.05) is 13.6 Å². The number of fused-ring (bicyclic) bond motifs is 1. The van der Waals surface area contributed by atoms with Crippen LogP contribution in [0.2, 0.25) is 0 Å². The summed E-state index contributed by atoms with van der Waals surface area (Å²) >= 11 is 2.06. The summed E-state index contributed by atoms with van der Waals surface area (Å²) in [5.74, 6) is 0.599. The first-order chi connectivity index (χ1) is 10.3. The van der Waals surface area contributed by atoms with Crippen LogP contribution in [0.5, 0.6) is 0 Å². The fourth-order valence-corrected chi connectivity index (χ4v) is 4.62. The van der Waals surface area contributed by atoms with Crippen LogP contribution in [0.15, 0.2) is 53.4 Å².